The lowest BCUT2D eigenvalue weighted by molar-refractivity contribution is 0.179. The van der Waals surface area contributed by atoms with Gasteiger partial charge in [-0.2, -0.15) is 0 Å². The molecule has 3 aromatic rings. The van der Waals surface area contributed by atoms with Crippen molar-refractivity contribution < 1.29 is 13.2 Å². The number of rotatable bonds is 5. The number of hydrogen-bond acceptors (Lipinski definition) is 6. The second-order valence-corrected chi connectivity index (χ2v) is 7.77. The van der Waals surface area contributed by atoms with Gasteiger partial charge in [0.05, 0.1) is 17.2 Å². The van der Waals surface area contributed by atoms with Gasteiger partial charge in [0.15, 0.2) is 16.4 Å². The minimum absolute atomic E-state index is 0.0123. The highest BCUT2D eigenvalue weighted by atomic mass is 35.5. The van der Waals surface area contributed by atoms with Crippen LogP contribution in [0.3, 0.4) is 0 Å². The predicted octanol–water partition coefficient (Wildman–Crippen LogP) is 2.71. The minimum Gasteiger partial charge on any atom is -0.378 e. The summed E-state index contributed by atoms with van der Waals surface area (Å²) in [5.74, 6) is 0.218. The lowest BCUT2D eigenvalue weighted by Crippen LogP contribution is -2.07. The number of methoxy groups -OCH3 is 1. The molecule has 2 aromatic heterocycles. The largest absolute Gasteiger partial charge is 0.378 e. The van der Waals surface area contributed by atoms with Gasteiger partial charge in [-0.25, -0.2) is 17.9 Å². The molecule has 0 aliphatic heterocycles. The van der Waals surface area contributed by atoms with Crippen LogP contribution in [0.15, 0.2) is 40.1 Å². The lowest BCUT2D eigenvalue weighted by atomic mass is 10.3. The first-order valence-electron chi connectivity index (χ1n) is 7.45. The van der Waals surface area contributed by atoms with E-state index in [9.17, 15) is 8.42 Å². The Kier molecular flexibility index (Phi) is 4.68. The highest BCUT2D eigenvalue weighted by Crippen LogP contribution is 2.32. The molecule has 25 heavy (non-hydrogen) atoms. The SMILES string of the molecule is CNc1nn2c(COC)cc(C)nc2c1S(=O)(=O)c1cccc(Cl)c1. The molecule has 0 fully saturated rings. The second-order valence-electron chi connectivity index (χ2n) is 5.45. The molecular weight excluding hydrogens is 364 g/mol. The zero-order valence-corrected chi connectivity index (χ0v) is 15.5. The van der Waals surface area contributed by atoms with Crippen LogP contribution in [0.25, 0.3) is 5.65 Å². The molecule has 9 heteroatoms. The topological polar surface area (TPSA) is 85.6 Å². The Hall–Kier alpha value is -2.16. The van der Waals surface area contributed by atoms with Crippen molar-refractivity contribution in [1.82, 2.24) is 14.6 Å². The van der Waals surface area contributed by atoms with E-state index in [0.29, 0.717) is 16.4 Å². The normalized spacial score (nSPS) is 11.8. The number of halogens is 1. The molecule has 0 unspecified atom stereocenters. The third-order valence-corrected chi connectivity index (χ3v) is 5.68. The Morgan fingerprint density at radius 3 is 2.72 bits per heavy atom. The van der Waals surface area contributed by atoms with E-state index >= 15 is 0 Å². The van der Waals surface area contributed by atoms with Gasteiger partial charge in [-0.05, 0) is 31.2 Å². The third kappa shape index (κ3) is 3.08. The molecule has 0 radical (unpaired) electrons. The second kappa shape index (κ2) is 6.62. The van der Waals surface area contributed by atoms with Gasteiger partial charge in [0.1, 0.15) is 0 Å². The van der Waals surface area contributed by atoms with Gasteiger partial charge in [-0.3, -0.25) is 0 Å². The molecule has 0 aliphatic rings. The van der Waals surface area contributed by atoms with Crippen molar-refractivity contribution in [1.29, 1.82) is 0 Å². The molecule has 0 aliphatic carbocycles. The third-order valence-electron chi connectivity index (χ3n) is 3.65. The van der Waals surface area contributed by atoms with Crippen LogP contribution in [-0.4, -0.2) is 37.2 Å². The molecule has 0 saturated heterocycles. The van der Waals surface area contributed by atoms with Crippen LogP contribution in [0.5, 0.6) is 0 Å². The van der Waals surface area contributed by atoms with E-state index in [4.69, 9.17) is 16.3 Å². The number of anilines is 1. The number of sulfone groups is 1. The summed E-state index contributed by atoms with van der Waals surface area (Å²) in [6.45, 7) is 2.07. The van der Waals surface area contributed by atoms with E-state index in [0.717, 1.165) is 0 Å². The maximum absolute atomic E-state index is 13.2. The zero-order chi connectivity index (χ0) is 18.2. The lowest BCUT2D eigenvalue weighted by Gasteiger charge is -2.07. The van der Waals surface area contributed by atoms with Crippen molar-refractivity contribution in [2.75, 3.05) is 19.5 Å². The fraction of sp³-hybridized carbons (Fsp3) is 0.250. The first-order chi connectivity index (χ1) is 11.9. The first kappa shape index (κ1) is 17.7. The van der Waals surface area contributed by atoms with Crippen LogP contribution >= 0.6 is 11.6 Å². The molecular formula is C16H17ClN4O3S. The standard InChI is InChI=1S/C16H17ClN4O3S/c1-10-7-12(9-24-3)21-16(19-10)14(15(18-2)20-21)25(22,23)13-6-4-5-11(17)8-13/h4-8H,9H2,1-3H3,(H,18,20). The molecule has 0 bridgehead atoms. The quantitative estimate of drug-likeness (QED) is 0.732. The monoisotopic (exact) mass is 380 g/mol. The van der Waals surface area contributed by atoms with Crippen LogP contribution in [0.1, 0.15) is 11.4 Å². The maximum Gasteiger partial charge on any atom is 0.214 e. The Labute approximate surface area is 150 Å². The van der Waals surface area contributed by atoms with Crippen LogP contribution < -0.4 is 5.32 Å². The van der Waals surface area contributed by atoms with E-state index in [-0.39, 0.29) is 27.9 Å². The Morgan fingerprint density at radius 2 is 2.08 bits per heavy atom. The van der Waals surface area contributed by atoms with Crippen molar-refractivity contribution >= 4 is 32.9 Å². The summed E-state index contributed by atoms with van der Waals surface area (Å²) in [5.41, 5.74) is 1.62. The number of aromatic nitrogens is 3. The Bertz CT molecular complexity index is 1050. The van der Waals surface area contributed by atoms with Crippen LogP contribution in [-0.2, 0) is 21.2 Å². The fourth-order valence-corrected chi connectivity index (χ4v) is 4.41. The molecule has 1 N–H and O–H groups in total. The average molecular weight is 381 g/mol. The average Bonchev–Trinajstić information content (AvgIpc) is 2.94. The van der Waals surface area contributed by atoms with Crippen molar-refractivity contribution in [2.45, 2.75) is 23.3 Å². The molecule has 0 spiro atoms. The zero-order valence-electron chi connectivity index (χ0n) is 13.9. The van der Waals surface area contributed by atoms with Crippen LogP contribution in [0, 0.1) is 6.92 Å². The van der Waals surface area contributed by atoms with Gasteiger partial charge in [0, 0.05) is 24.9 Å². The van der Waals surface area contributed by atoms with Crippen molar-refractivity contribution in [2.24, 2.45) is 0 Å². The molecule has 132 valence electrons. The highest BCUT2D eigenvalue weighted by Gasteiger charge is 2.29. The number of aryl methyl sites for hydroxylation is 1. The van der Waals surface area contributed by atoms with Crippen molar-refractivity contribution in [3.05, 3.63) is 46.7 Å². The summed E-state index contributed by atoms with van der Waals surface area (Å²) in [6.07, 6.45) is 0. The van der Waals surface area contributed by atoms with E-state index in [2.05, 4.69) is 15.4 Å². The number of ether oxygens (including phenoxy) is 1. The predicted molar refractivity (Wildman–Crippen MR) is 94.9 cm³/mol. The summed E-state index contributed by atoms with van der Waals surface area (Å²) in [5, 5.41) is 7.54. The van der Waals surface area contributed by atoms with Gasteiger partial charge >= 0.3 is 0 Å². The van der Waals surface area contributed by atoms with Crippen LogP contribution in [0.4, 0.5) is 5.82 Å². The van der Waals surface area contributed by atoms with Gasteiger partial charge in [-0.15, -0.1) is 5.10 Å². The number of benzene rings is 1. The van der Waals surface area contributed by atoms with Gasteiger partial charge in [-0.1, -0.05) is 17.7 Å². The van der Waals surface area contributed by atoms with Gasteiger partial charge < -0.3 is 10.1 Å². The highest BCUT2D eigenvalue weighted by molar-refractivity contribution is 7.91. The molecule has 0 saturated carbocycles. The van der Waals surface area contributed by atoms with E-state index in [1.807, 2.05) is 0 Å². The van der Waals surface area contributed by atoms with Gasteiger partial charge in [0.25, 0.3) is 0 Å². The molecule has 7 nitrogen and oxygen atoms in total. The minimum atomic E-state index is -3.87. The molecule has 0 amide bonds. The van der Waals surface area contributed by atoms with E-state index in [1.54, 1.807) is 39.3 Å². The molecule has 3 rings (SSSR count). The number of hydrogen-bond donors (Lipinski definition) is 1. The van der Waals surface area contributed by atoms with Gasteiger partial charge in [0.2, 0.25) is 9.84 Å². The van der Waals surface area contributed by atoms with Crippen LogP contribution in [0.2, 0.25) is 5.02 Å². The fourth-order valence-electron chi connectivity index (χ4n) is 2.61. The number of nitrogens with one attached hydrogen (secondary N) is 1. The maximum atomic E-state index is 13.2. The number of fused-ring (bicyclic) bond motifs is 1. The van der Waals surface area contributed by atoms with Crippen molar-refractivity contribution in [3.63, 3.8) is 0 Å². The molecule has 2 heterocycles. The summed E-state index contributed by atoms with van der Waals surface area (Å²) < 4.78 is 33.1. The smallest absolute Gasteiger partial charge is 0.214 e. The molecule has 0 atom stereocenters. The van der Waals surface area contributed by atoms with E-state index < -0.39 is 9.84 Å². The number of nitrogens with zero attached hydrogens (tertiary/aromatic N) is 3. The van der Waals surface area contributed by atoms with Crippen molar-refractivity contribution in [3.8, 4) is 0 Å². The Balaban J connectivity index is 2.35. The summed E-state index contributed by atoms with van der Waals surface area (Å²) >= 11 is 5.96. The van der Waals surface area contributed by atoms with E-state index in [1.165, 1.54) is 16.6 Å². The Morgan fingerprint density at radius 1 is 1.32 bits per heavy atom. The summed E-state index contributed by atoms with van der Waals surface area (Å²) in [4.78, 5) is 4.49. The first-order valence-corrected chi connectivity index (χ1v) is 9.31. The summed E-state index contributed by atoms with van der Waals surface area (Å²) in [7, 11) is -0.694. The molecule has 1 aromatic carbocycles. The summed E-state index contributed by atoms with van der Waals surface area (Å²) in [6, 6.07) is 7.92.